The summed E-state index contributed by atoms with van der Waals surface area (Å²) in [5.41, 5.74) is 0.752. The molecule has 0 aromatic heterocycles. The maximum atomic E-state index is 12.2. The van der Waals surface area contributed by atoms with Crippen LogP contribution < -0.4 is 15.0 Å². The second-order valence-corrected chi connectivity index (χ2v) is 4.29. The van der Waals surface area contributed by atoms with Crippen molar-refractivity contribution in [2.45, 2.75) is 12.5 Å². The number of benzene rings is 1. The Hall–Kier alpha value is -2.08. The average Bonchev–Trinajstić information content (AvgIpc) is 2.41. The highest BCUT2D eigenvalue weighted by Crippen LogP contribution is 2.21. The van der Waals surface area contributed by atoms with Gasteiger partial charge in [0.25, 0.3) is 0 Å². The van der Waals surface area contributed by atoms with Gasteiger partial charge in [0, 0.05) is 18.8 Å². The molecular formula is C13H16N2O4. The molecule has 1 amide bonds. The van der Waals surface area contributed by atoms with Crippen LogP contribution in [-0.4, -0.2) is 43.2 Å². The number of anilines is 1. The van der Waals surface area contributed by atoms with Gasteiger partial charge in [-0.25, -0.2) is 0 Å². The number of rotatable bonds is 4. The van der Waals surface area contributed by atoms with Crippen LogP contribution in [0.1, 0.15) is 6.42 Å². The van der Waals surface area contributed by atoms with Crippen LogP contribution in [0.5, 0.6) is 5.75 Å². The van der Waals surface area contributed by atoms with Crippen molar-refractivity contribution in [1.82, 2.24) is 5.32 Å². The van der Waals surface area contributed by atoms with Crippen LogP contribution in [0.15, 0.2) is 24.3 Å². The molecule has 1 atom stereocenters. The average molecular weight is 264 g/mol. The van der Waals surface area contributed by atoms with Crippen molar-refractivity contribution >= 4 is 17.6 Å². The summed E-state index contributed by atoms with van der Waals surface area (Å²) in [5.74, 6) is -0.477. The molecule has 6 nitrogen and oxygen atoms in total. The molecule has 0 spiro atoms. The molecule has 6 heteroatoms. The van der Waals surface area contributed by atoms with Gasteiger partial charge in [-0.1, -0.05) is 0 Å². The van der Waals surface area contributed by atoms with Crippen LogP contribution in [0.2, 0.25) is 0 Å². The highest BCUT2D eigenvalue weighted by molar-refractivity contribution is 5.99. The number of aliphatic carboxylic acids is 1. The van der Waals surface area contributed by atoms with Crippen LogP contribution in [-0.2, 0) is 9.59 Å². The van der Waals surface area contributed by atoms with Crippen LogP contribution in [0, 0.1) is 0 Å². The Morgan fingerprint density at radius 1 is 1.47 bits per heavy atom. The summed E-state index contributed by atoms with van der Waals surface area (Å²) in [5, 5.41) is 11.7. The van der Waals surface area contributed by atoms with Gasteiger partial charge in [0.15, 0.2) is 0 Å². The van der Waals surface area contributed by atoms with Crippen molar-refractivity contribution in [2.24, 2.45) is 0 Å². The van der Waals surface area contributed by atoms with Crippen molar-refractivity contribution < 1.29 is 19.4 Å². The highest BCUT2D eigenvalue weighted by Gasteiger charge is 2.30. The summed E-state index contributed by atoms with van der Waals surface area (Å²) in [6.45, 7) is 1.11. The number of piperazine rings is 1. The Morgan fingerprint density at radius 3 is 2.74 bits per heavy atom. The fraction of sp³-hybridized carbons (Fsp3) is 0.385. The van der Waals surface area contributed by atoms with Gasteiger partial charge in [0.05, 0.1) is 19.6 Å². The molecule has 1 aliphatic heterocycles. The van der Waals surface area contributed by atoms with Gasteiger partial charge >= 0.3 is 5.97 Å². The minimum absolute atomic E-state index is 0.203. The van der Waals surface area contributed by atoms with E-state index in [1.807, 2.05) is 0 Å². The molecule has 1 aromatic carbocycles. The lowest BCUT2D eigenvalue weighted by Gasteiger charge is -2.32. The Kier molecular flexibility index (Phi) is 4.01. The predicted molar refractivity (Wildman–Crippen MR) is 69.4 cm³/mol. The second-order valence-electron chi connectivity index (χ2n) is 4.29. The van der Waals surface area contributed by atoms with E-state index in [9.17, 15) is 9.59 Å². The van der Waals surface area contributed by atoms with Crippen molar-refractivity contribution in [1.29, 1.82) is 0 Å². The number of nitrogens with zero attached hydrogens (tertiary/aromatic N) is 1. The van der Waals surface area contributed by atoms with Crippen molar-refractivity contribution in [2.75, 3.05) is 25.1 Å². The molecule has 0 aliphatic carbocycles. The largest absolute Gasteiger partial charge is 0.497 e. The molecule has 1 saturated heterocycles. The fourth-order valence-corrected chi connectivity index (χ4v) is 2.09. The van der Waals surface area contributed by atoms with Crippen LogP contribution in [0.4, 0.5) is 5.69 Å². The topological polar surface area (TPSA) is 78.9 Å². The van der Waals surface area contributed by atoms with E-state index in [1.54, 1.807) is 36.3 Å². The summed E-state index contributed by atoms with van der Waals surface area (Å²) >= 11 is 0. The first-order valence-electron chi connectivity index (χ1n) is 6.02. The molecule has 1 fully saturated rings. The van der Waals surface area contributed by atoms with Gasteiger partial charge in [-0.2, -0.15) is 0 Å². The number of carbonyl (C=O) groups excluding carboxylic acids is 1. The van der Waals surface area contributed by atoms with Gasteiger partial charge in [-0.15, -0.1) is 0 Å². The Balaban J connectivity index is 2.14. The van der Waals surface area contributed by atoms with Crippen LogP contribution in [0.25, 0.3) is 0 Å². The SMILES string of the molecule is COc1ccc(N2CCNC(CC(=O)O)C2=O)cc1. The monoisotopic (exact) mass is 264 g/mol. The van der Waals surface area contributed by atoms with Gasteiger partial charge < -0.3 is 20.1 Å². The standard InChI is InChI=1S/C13H16N2O4/c1-19-10-4-2-9(3-5-10)15-7-6-14-11(13(15)18)8-12(16)17/h2-5,11,14H,6-8H2,1H3,(H,16,17). The number of amides is 1. The van der Waals surface area contributed by atoms with Crippen molar-refractivity contribution in [3.8, 4) is 5.75 Å². The van der Waals surface area contributed by atoms with Crippen molar-refractivity contribution in [3.05, 3.63) is 24.3 Å². The lowest BCUT2D eigenvalue weighted by Crippen LogP contribution is -2.55. The zero-order valence-electron chi connectivity index (χ0n) is 10.6. The number of hydrogen-bond donors (Lipinski definition) is 2. The Bertz CT molecular complexity index is 472. The molecule has 0 radical (unpaired) electrons. The predicted octanol–water partition coefficient (Wildman–Crippen LogP) is 0.475. The molecule has 2 N–H and O–H groups in total. The Labute approximate surface area is 111 Å². The molecule has 2 rings (SSSR count). The van der Waals surface area contributed by atoms with Gasteiger partial charge in [-0.05, 0) is 24.3 Å². The minimum atomic E-state index is -0.984. The third-order valence-corrected chi connectivity index (χ3v) is 3.05. The summed E-state index contributed by atoms with van der Waals surface area (Å²) < 4.78 is 5.06. The zero-order chi connectivity index (χ0) is 13.8. The van der Waals surface area contributed by atoms with Gasteiger partial charge in [0.1, 0.15) is 5.75 Å². The third-order valence-electron chi connectivity index (χ3n) is 3.05. The molecule has 1 heterocycles. The molecule has 102 valence electrons. The normalized spacial score (nSPS) is 19.3. The number of hydrogen-bond acceptors (Lipinski definition) is 4. The van der Waals surface area contributed by atoms with E-state index in [4.69, 9.17) is 9.84 Å². The number of nitrogens with one attached hydrogen (secondary N) is 1. The van der Waals surface area contributed by atoms with E-state index in [-0.39, 0.29) is 12.3 Å². The summed E-state index contributed by atoms with van der Waals surface area (Å²) in [7, 11) is 1.58. The van der Waals surface area contributed by atoms with Crippen LogP contribution >= 0.6 is 0 Å². The number of carboxylic acids is 1. The van der Waals surface area contributed by atoms with E-state index in [1.165, 1.54) is 0 Å². The number of carbonyl (C=O) groups is 2. The lowest BCUT2D eigenvalue weighted by molar-refractivity contribution is -0.139. The molecule has 1 unspecified atom stereocenters. The van der Waals surface area contributed by atoms with E-state index < -0.39 is 12.0 Å². The first-order chi connectivity index (χ1) is 9.11. The van der Waals surface area contributed by atoms with Gasteiger partial charge in [-0.3, -0.25) is 9.59 Å². The molecule has 19 heavy (non-hydrogen) atoms. The first kappa shape index (κ1) is 13.4. The third kappa shape index (κ3) is 3.03. The minimum Gasteiger partial charge on any atom is -0.497 e. The second kappa shape index (κ2) is 5.71. The lowest BCUT2D eigenvalue weighted by atomic mass is 10.1. The number of carboxylic acid groups (broad SMARTS) is 1. The van der Waals surface area contributed by atoms with E-state index in [0.29, 0.717) is 18.8 Å². The van der Waals surface area contributed by atoms with Gasteiger partial charge in [0.2, 0.25) is 5.91 Å². The van der Waals surface area contributed by atoms with E-state index in [2.05, 4.69) is 5.32 Å². The molecule has 0 bridgehead atoms. The first-order valence-corrected chi connectivity index (χ1v) is 6.02. The smallest absolute Gasteiger partial charge is 0.305 e. The summed E-state index contributed by atoms with van der Waals surface area (Å²) in [4.78, 5) is 24.5. The fourth-order valence-electron chi connectivity index (χ4n) is 2.09. The quantitative estimate of drug-likeness (QED) is 0.826. The van der Waals surface area contributed by atoms with Crippen LogP contribution in [0.3, 0.4) is 0 Å². The van der Waals surface area contributed by atoms with E-state index in [0.717, 1.165) is 5.69 Å². The summed E-state index contributed by atoms with van der Waals surface area (Å²) in [6.07, 6.45) is -0.203. The molecular weight excluding hydrogens is 248 g/mol. The zero-order valence-corrected chi connectivity index (χ0v) is 10.6. The maximum Gasteiger partial charge on any atom is 0.305 e. The van der Waals surface area contributed by atoms with E-state index >= 15 is 0 Å². The number of ether oxygens (including phenoxy) is 1. The van der Waals surface area contributed by atoms with Crippen molar-refractivity contribution in [3.63, 3.8) is 0 Å². The molecule has 1 aliphatic rings. The maximum absolute atomic E-state index is 12.2. The molecule has 1 aromatic rings. The number of methoxy groups -OCH3 is 1. The Morgan fingerprint density at radius 2 is 2.16 bits per heavy atom. The summed E-state index contributed by atoms with van der Waals surface area (Å²) in [6, 6.07) is 6.47. The molecule has 0 saturated carbocycles. The highest BCUT2D eigenvalue weighted by atomic mass is 16.5.